The molecule has 0 bridgehead atoms. The molecule has 0 saturated heterocycles. The van der Waals surface area contributed by atoms with Crippen LogP contribution in [0.25, 0.3) is 0 Å². The molecule has 36 heavy (non-hydrogen) atoms. The molecule has 2 rings (SSSR count). The third kappa shape index (κ3) is 10.3. The van der Waals surface area contributed by atoms with Gasteiger partial charge in [-0.25, -0.2) is 9.59 Å². The Morgan fingerprint density at radius 2 is 1.61 bits per heavy atom. The first kappa shape index (κ1) is 29.3. The van der Waals surface area contributed by atoms with E-state index in [2.05, 4.69) is 10.3 Å². The number of halogens is 2. The normalized spacial score (nSPS) is 12.1. The van der Waals surface area contributed by atoms with Gasteiger partial charge in [0, 0.05) is 19.2 Å². The first-order valence-corrected chi connectivity index (χ1v) is 12.1. The molecule has 2 aromatic rings. The summed E-state index contributed by atoms with van der Waals surface area (Å²) in [6.07, 6.45) is -1.58. The van der Waals surface area contributed by atoms with E-state index in [9.17, 15) is 9.59 Å². The topological polar surface area (TPSA) is 89.5 Å². The van der Waals surface area contributed by atoms with Crippen LogP contribution in [0.5, 0.6) is 5.75 Å². The molecule has 0 atom stereocenters. The molecule has 0 aliphatic heterocycles. The van der Waals surface area contributed by atoms with Crippen molar-refractivity contribution in [3.63, 3.8) is 0 Å². The maximum atomic E-state index is 12.4. The minimum Gasteiger partial charge on any atom is -0.489 e. The van der Waals surface area contributed by atoms with Crippen molar-refractivity contribution < 1.29 is 23.8 Å². The van der Waals surface area contributed by atoms with Gasteiger partial charge in [0.1, 0.15) is 23.6 Å². The minimum absolute atomic E-state index is 0.0180. The van der Waals surface area contributed by atoms with Crippen molar-refractivity contribution >= 4 is 41.3 Å². The van der Waals surface area contributed by atoms with Gasteiger partial charge in [-0.3, -0.25) is 5.32 Å². The fourth-order valence-corrected chi connectivity index (χ4v) is 3.25. The van der Waals surface area contributed by atoms with Gasteiger partial charge in [-0.1, -0.05) is 47.5 Å². The number of nitrogens with one attached hydrogen (secondary N) is 1. The van der Waals surface area contributed by atoms with E-state index < -0.39 is 23.4 Å². The summed E-state index contributed by atoms with van der Waals surface area (Å²) in [4.78, 5) is 30.3. The van der Waals surface area contributed by atoms with E-state index in [1.165, 1.54) is 0 Å². The van der Waals surface area contributed by atoms with Crippen LogP contribution in [0.4, 0.5) is 9.59 Å². The lowest BCUT2D eigenvalue weighted by Gasteiger charge is -2.25. The molecule has 0 fully saturated rings. The number of alkyl carbamates (subject to hydrolysis) is 1. The average molecular weight is 538 g/mol. The molecule has 0 radical (unpaired) electrons. The first-order valence-electron chi connectivity index (χ1n) is 11.3. The van der Waals surface area contributed by atoms with Gasteiger partial charge in [-0.15, -0.1) is 4.99 Å². The number of hydrogen-bond donors (Lipinski definition) is 1. The van der Waals surface area contributed by atoms with E-state index in [1.54, 1.807) is 59.6 Å². The smallest absolute Gasteiger partial charge is 0.437 e. The SMILES string of the molecule is CN(Cc1cccc(OCc2cccc(Cl)c2Cl)c1)/C(=N/C(=O)OC(C)(C)C)NC(=O)OC(C)(C)C. The zero-order chi connectivity index (χ0) is 27.1. The monoisotopic (exact) mass is 537 g/mol. The lowest BCUT2D eigenvalue weighted by atomic mass is 10.2. The minimum atomic E-state index is -0.837. The molecular weight excluding hydrogens is 505 g/mol. The number of hydrogen-bond acceptors (Lipinski definition) is 5. The molecule has 0 saturated carbocycles. The van der Waals surface area contributed by atoms with Gasteiger partial charge in [0.25, 0.3) is 0 Å². The predicted octanol–water partition coefficient (Wildman–Crippen LogP) is 6.82. The number of carbonyl (C=O) groups is 2. The second-order valence-electron chi connectivity index (χ2n) is 10.0. The van der Waals surface area contributed by atoms with Crippen LogP contribution in [-0.4, -0.2) is 41.3 Å². The maximum absolute atomic E-state index is 12.4. The van der Waals surface area contributed by atoms with Crippen LogP contribution in [0.15, 0.2) is 47.5 Å². The van der Waals surface area contributed by atoms with Gasteiger partial charge >= 0.3 is 12.2 Å². The predicted molar refractivity (Wildman–Crippen MR) is 142 cm³/mol. The zero-order valence-corrected chi connectivity index (χ0v) is 23.2. The van der Waals surface area contributed by atoms with Crippen LogP contribution in [0.1, 0.15) is 52.7 Å². The summed E-state index contributed by atoms with van der Waals surface area (Å²) in [5, 5.41) is 3.45. The van der Waals surface area contributed by atoms with E-state index in [4.69, 9.17) is 37.4 Å². The Morgan fingerprint density at radius 3 is 2.25 bits per heavy atom. The largest absolute Gasteiger partial charge is 0.489 e. The maximum Gasteiger partial charge on any atom is 0.437 e. The van der Waals surface area contributed by atoms with Gasteiger partial charge in [0.2, 0.25) is 5.96 Å². The number of nitrogens with zero attached hydrogens (tertiary/aromatic N) is 2. The average Bonchev–Trinajstić information content (AvgIpc) is 2.72. The number of rotatable bonds is 5. The number of amides is 2. The van der Waals surface area contributed by atoms with Crippen LogP contribution in [-0.2, 0) is 22.6 Å². The number of benzene rings is 2. The highest BCUT2D eigenvalue weighted by molar-refractivity contribution is 6.42. The number of guanidine groups is 1. The Bertz CT molecular complexity index is 1110. The van der Waals surface area contributed by atoms with Crippen molar-refractivity contribution in [1.82, 2.24) is 10.2 Å². The number of carbonyl (C=O) groups excluding carboxylic acids is 2. The number of ether oxygens (including phenoxy) is 3. The Labute approximate surface area is 222 Å². The molecule has 196 valence electrons. The van der Waals surface area contributed by atoms with Crippen molar-refractivity contribution in [3.8, 4) is 5.75 Å². The lowest BCUT2D eigenvalue weighted by molar-refractivity contribution is 0.0555. The van der Waals surface area contributed by atoms with Crippen LogP contribution in [0, 0.1) is 0 Å². The van der Waals surface area contributed by atoms with Gasteiger partial charge < -0.3 is 19.1 Å². The van der Waals surface area contributed by atoms with Crippen molar-refractivity contribution in [2.45, 2.75) is 65.9 Å². The molecule has 2 aromatic carbocycles. The highest BCUT2D eigenvalue weighted by Crippen LogP contribution is 2.27. The van der Waals surface area contributed by atoms with E-state index in [-0.39, 0.29) is 12.6 Å². The van der Waals surface area contributed by atoms with E-state index in [1.807, 2.05) is 36.4 Å². The number of aliphatic imine (C=N–C) groups is 1. The highest BCUT2D eigenvalue weighted by Gasteiger charge is 2.22. The molecule has 0 aliphatic carbocycles. The summed E-state index contributed by atoms with van der Waals surface area (Å²) in [6, 6.07) is 12.7. The van der Waals surface area contributed by atoms with Gasteiger partial charge in [0.15, 0.2) is 0 Å². The lowest BCUT2D eigenvalue weighted by Crippen LogP contribution is -2.44. The van der Waals surface area contributed by atoms with Crippen molar-refractivity contribution in [3.05, 3.63) is 63.6 Å². The first-order chi connectivity index (χ1) is 16.6. The summed E-state index contributed by atoms with van der Waals surface area (Å²) in [5.41, 5.74) is 0.139. The van der Waals surface area contributed by atoms with E-state index in [0.29, 0.717) is 22.3 Å². The third-order valence-electron chi connectivity index (χ3n) is 4.31. The molecule has 0 aliphatic rings. The van der Waals surface area contributed by atoms with Crippen LogP contribution in [0.2, 0.25) is 10.0 Å². The molecule has 0 unspecified atom stereocenters. The van der Waals surface area contributed by atoms with Crippen LogP contribution >= 0.6 is 23.2 Å². The Kier molecular flexibility index (Phi) is 10.0. The molecule has 1 N–H and O–H groups in total. The molecule has 8 nitrogen and oxygen atoms in total. The zero-order valence-electron chi connectivity index (χ0n) is 21.6. The highest BCUT2D eigenvalue weighted by atomic mass is 35.5. The standard InChI is InChI=1S/C26H33Cl2N3O5/c1-25(2,3)35-23(32)29-22(30-24(33)36-26(4,5)6)31(7)15-17-10-8-12-19(14-17)34-16-18-11-9-13-20(27)21(18)28/h8-14H,15-16H2,1-7H3,(H,29,30,32,33). The molecule has 10 heteroatoms. The van der Waals surface area contributed by atoms with E-state index in [0.717, 1.165) is 11.1 Å². The summed E-state index contributed by atoms with van der Waals surface area (Å²) in [7, 11) is 1.68. The Hall–Kier alpha value is -2.97. The van der Waals surface area contributed by atoms with Gasteiger partial charge in [0.05, 0.1) is 10.0 Å². The Balaban J connectivity index is 2.17. The quantitative estimate of drug-likeness (QED) is 0.332. The summed E-state index contributed by atoms with van der Waals surface area (Å²) < 4.78 is 16.5. The molecule has 2 amide bonds. The van der Waals surface area contributed by atoms with Crippen LogP contribution < -0.4 is 10.1 Å². The molecule has 0 spiro atoms. The summed E-state index contributed by atoms with van der Waals surface area (Å²) in [6.45, 7) is 10.9. The van der Waals surface area contributed by atoms with Crippen molar-refractivity contribution in [1.29, 1.82) is 0 Å². The molecule has 0 heterocycles. The molecule has 0 aromatic heterocycles. The second kappa shape index (κ2) is 12.3. The van der Waals surface area contributed by atoms with Gasteiger partial charge in [-0.2, -0.15) is 0 Å². The van der Waals surface area contributed by atoms with E-state index >= 15 is 0 Å². The Morgan fingerprint density at radius 1 is 0.972 bits per heavy atom. The molecular formula is C26H33Cl2N3O5. The van der Waals surface area contributed by atoms with Gasteiger partial charge in [-0.05, 0) is 65.3 Å². The summed E-state index contributed by atoms with van der Waals surface area (Å²) in [5.74, 6) is 0.596. The second-order valence-corrected chi connectivity index (χ2v) is 10.8. The summed E-state index contributed by atoms with van der Waals surface area (Å²) >= 11 is 12.3. The van der Waals surface area contributed by atoms with Crippen LogP contribution in [0.3, 0.4) is 0 Å². The van der Waals surface area contributed by atoms with Crippen molar-refractivity contribution in [2.24, 2.45) is 4.99 Å². The van der Waals surface area contributed by atoms with Crippen molar-refractivity contribution in [2.75, 3.05) is 7.05 Å². The fourth-order valence-electron chi connectivity index (χ4n) is 2.88. The third-order valence-corrected chi connectivity index (χ3v) is 5.17. The fraction of sp³-hybridized carbons (Fsp3) is 0.423.